The van der Waals surface area contributed by atoms with Crippen molar-refractivity contribution in [2.24, 2.45) is 0 Å². The average Bonchev–Trinajstić information content (AvgIpc) is 3.45. The van der Waals surface area contributed by atoms with Crippen molar-refractivity contribution in [2.75, 3.05) is 27.3 Å². The number of benzene rings is 2. The van der Waals surface area contributed by atoms with Gasteiger partial charge in [0.2, 0.25) is 0 Å². The number of para-hydroxylation sites is 1. The van der Waals surface area contributed by atoms with E-state index in [1.54, 1.807) is 20.4 Å². The predicted octanol–water partition coefficient (Wildman–Crippen LogP) is 3.72. The fourth-order valence-corrected chi connectivity index (χ4v) is 3.86. The van der Waals surface area contributed by atoms with Gasteiger partial charge in [-0.05, 0) is 30.2 Å². The fraction of sp³-hybridized carbons (Fsp3) is 0.273. The summed E-state index contributed by atoms with van der Waals surface area (Å²) in [4.78, 5) is 15.0. The SMILES string of the molecule is COc1cccc(C2CCN(C(=O)c3cccc(-c4cn[nH]c4)c3)C2)c1OC. The number of ether oxygens (including phenoxy) is 2. The van der Waals surface area contributed by atoms with E-state index in [1.807, 2.05) is 47.5 Å². The number of carbonyl (C=O) groups excluding carboxylic acids is 1. The Morgan fingerprint density at radius 3 is 2.75 bits per heavy atom. The molecule has 1 aliphatic heterocycles. The highest BCUT2D eigenvalue weighted by molar-refractivity contribution is 5.95. The van der Waals surface area contributed by atoms with Crippen LogP contribution in [0.15, 0.2) is 54.9 Å². The van der Waals surface area contributed by atoms with E-state index in [1.165, 1.54) is 0 Å². The third-order valence-electron chi connectivity index (χ3n) is 5.29. The molecule has 1 amide bonds. The van der Waals surface area contributed by atoms with Gasteiger partial charge >= 0.3 is 0 Å². The standard InChI is InChI=1S/C22H23N3O3/c1-27-20-8-4-7-19(21(20)28-2)17-9-10-25(14-17)22(26)16-6-3-5-15(11-16)18-12-23-24-13-18/h3-8,11-13,17H,9-10,14H2,1-2H3,(H,23,24). The predicted molar refractivity (Wildman–Crippen MR) is 107 cm³/mol. The molecule has 2 aromatic carbocycles. The topological polar surface area (TPSA) is 67.5 Å². The Labute approximate surface area is 164 Å². The van der Waals surface area contributed by atoms with Gasteiger partial charge in [-0.25, -0.2) is 0 Å². The van der Waals surface area contributed by atoms with Gasteiger partial charge < -0.3 is 14.4 Å². The zero-order valence-electron chi connectivity index (χ0n) is 16.0. The Morgan fingerprint density at radius 1 is 1.14 bits per heavy atom. The minimum absolute atomic E-state index is 0.0507. The van der Waals surface area contributed by atoms with Crippen LogP contribution in [0.2, 0.25) is 0 Å². The molecule has 1 saturated heterocycles. The number of aromatic amines is 1. The molecule has 3 aromatic rings. The molecule has 6 heteroatoms. The molecule has 1 atom stereocenters. The van der Waals surface area contributed by atoms with Gasteiger partial charge in [0.15, 0.2) is 11.5 Å². The van der Waals surface area contributed by atoms with Crippen LogP contribution in [0.25, 0.3) is 11.1 Å². The highest BCUT2D eigenvalue weighted by atomic mass is 16.5. The van der Waals surface area contributed by atoms with E-state index in [4.69, 9.17) is 9.47 Å². The molecule has 0 saturated carbocycles. The molecule has 6 nitrogen and oxygen atoms in total. The van der Waals surface area contributed by atoms with Crippen molar-refractivity contribution in [3.8, 4) is 22.6 Å². The Morgan fingerprint density at radius 2 is 2.00 bits per heavy atom. The lowest BCUT2D eigenvalue weighted by atomic mass is 9.97. The van der Waals surface area contributed by atoms with Crippen LogP contribution in [-0.4, -0.2) is 48.3 Å². The quantitative estimate of drug-likeness (QED) is 0.736. The van der Waals surface area contributed by atoms with Gasteiger partial charge in [-0.15, -0.1) is 0 Å². The maximum absolute atomic E-state index is 13.1. The van der Waals surface area contributed by atoms with E-state index < -0.39 is 0 Å². The summed E-state index contributed by atoms with van der Waals surface area (Å²) in [5.41, 5.74) is 3.72. The van der Waals surface area contributed by atoms with Gasteiger partial charge in [0.25, 0.3) is 5.91 Å². The van der Waals surface area contributed by atoms with Crippen molar-refractivity contribution < 1.29 is 14.3 Å². The zero-order valence-corrected chi connectivity index (χ0v) is 16.0. The summed E-state index contributed by atoms with van der Waals surface area (Å²) < 4.78 is 11.0. The highest BCUT2D eigenvalue weighted by Crippen LogP contribution is 2.39. The molecule has 1 aromatic heterocycles. The highest BCUT2D eigenvalue weighted by Gasteiger charge is 2.30. The maximum atomic E-state index is 13.1. The van der Waals surface area contributed by atoms with Gasteiger partial charge in [0.05, 0.1) is 20.4 Å². The summed E-state index contributed by atoms with van der Waals surface area (Å²) in [5, 5.41) is 6.79. The summed E-state index contributed by atoms with van der Waals surface area (Å²) in [7, 11) is 3.29. The van der Waals surface area contributed by atoms with E-state index in [9.17, 15) is 4.79 Å². The number of methoxy groups -OCH3 is 2. The first-order valence-corrected chi connectivity index (χ1v) is 9.30. The molecule has 28 heavy (non-hydrogen) atoms. The molecule has 0 spiro atoms. The first kappa shape index (κ1) is 18.1. The number of nitrogens with one attached hydrogen (secondary N) is 1. The summed E-state index contributed by atoms with van der Waals surface area (Å²) in [6.45, 7) is 1.39. The second kappa shape index (κ2) is 7.76. The fourth-order valence-electron chi connectivity index (χ4n) is 3.86. The summed E-state index contributed by atoms with van der Waals surface area (Å²) in [6, 6.07) is 13.6. The molecule has 1 aliphatic rings. The van der Waals surface area contributed by atoms with E-state index in [2.05, 4.69) is 16.3 Å². The van der Waals surface area contributed by atoms with Crippen LogP contribution < -0.4 is 9.47 Å². The van der Waals surface area contributed by atoms with Crippen LogP contribution in [0.4, 0.5) is 0 Å². The summed E-state index contributed by atoms with van der Waals surface area (Å²) >= 11 is 0. The normalized spacial score (nSPS) is 16.2. The largest absolute Gasteiger partial charge is 0.493 e. The number of H-pyrrole nitrogens is 1. The number of carbonyl (C=O) groups is 1. The van der Waals surface area contributed by atoms with Crippen molar-refractivity contribution in [1.82, 2.24) is 15.1 Å². The minimum Gasteiger partial charge on any atom is -0.493 e. The number of rotatable bonds is 5. The van der Waals surface area contributed by atoms with Crippen LogP contribution in [-0.2, 0) is 0 Å². The number of hydrogen-bond donors (Lipinski definition) is 1. The van der Waals surface area contributed by atoms with Crippen LogP contribution in [0.1, 0.15) is 28.3 Å². The average molecular weight is 377 g/mol. The zero-order chi connectivity index (χ0) is 19.5. The molecule has 2 heterocycles. The lowest BCUT2D eigenvalue weighted by Gasteiger charge is -2.19. The minimum atomic E-state index is 0.0507. The Kier molecular flexibility index (Phi) is 5.02. The van der Waals surface area contributed by atoms with Gasteiger partial charge in [0, 0.05) is 41.9 Å². The van der Waals surface area contributed by atoms with E-state index in [0.717, 1.165) is 41.2 Å². The summed E-state index contributed by atoms with van der Waals surface area (Å²) in [5.74, 6) is 1.75. The molecular weight excluding hydrogens is 354 g/mol. The molecule has 1 fully saturated rings. The Balaban J connectivity index is 1.54. The smallest absolute Gasteiger partial charge is 0.253 e. The number of likely N-dealkylation sites (tertiary alicyclic amines) is 1. The number of hydrogen-bond acceptors (Lipinski definition) is 4. The maximum Gasteiger partial charge on any atom is 0.253 e. The number of aromatic nitrogens is 2. The van der Waals surface area contributed by atoms with Crippen LogP contribution in [0.3, 0.4) is 0 Å². The van der Waals surface area contributed by atoms with Gasteiger partial charge in [0.1, 0.15) is 0 Å². The Hall–Kier alpha value is -3.28. The van der Waals surface area contributed by atoms with Crippen molar-refractivity contribution >= 4 is 5.91 Å². The van der Waals surface area contributed by atoms with Crippen molar-refractivity contribution in [1.29, 1.82) is 0 Å². The molecular formula is C22H23N3O3. The lowest BCUT2D eigenvalue weighted by molar-refractivity contribution is 0.0790. The molecule has 1 N–H and O–H groups in total. The second-order valence-electron chi connectivity index (χ2n) is 6.89. The van der Waals surface area contributed by atoms with Crippen molar-refractivity contribution in [3.63, 3.8) is 0 Å². The third-order valence-corrected chi connectivity index (χ3v) is 5.29. The second-order valence-corrected chi connectivity index (χ2v) is 6.89. The van der Waals surface area contributed by atoms with Crippen molar-refractivity contribution in [3.05, 3.63) is 66.0 Å². The van der Waals surface area contributed by atoms with E-state index >= 15 is 0 Å². The van der Waals surface area contributed by atoms with Crippen molar-refractivity contribution in [2.45, 2.75) is 12.3 Å². The van der Waals surface area contributed by atoms with Crippen LogP contribution >= 0.6 is 0 Å². The molecule has 144 valence electrons. The lowest BCUT2D eigenvalue weighted by Crippen LogP contribution is -2.28. The number of nitrogens with zero attached hydrogens (tertiary/aromatic N) is 2. The first-order valence-electron chi connectivity index (χ1n) is 9.30. The molecule has 0 radical (unpaired) electrons. The van der Waals surface area contributed by atoms with E-state index in [-0.39, 0.29) is 11.8 Å². The Bertz CT molecular complexity index is 969. The molecule has 0 bridgehead atoms. The number of amides is 1. The van der Waals surface area contributed by atoms with Gasteiger partial charge in [-0.2, -0.15) is 5.10 Å². The van der Waals surface area contributed by atoms with Gasteiger partial charge in [-0.3, -0.25) is 9.89 Å². The van der Waals surface area contributed by atoms with E-state index in [0.29, 0.717) is 12.1 Å². The molecule has 0 aliphatic carbocycles. The third kappa shape index (κ3) is 3.33. The monoisotopic (exact) mass is 377 g/mol. The van der Waals surface area contributed by atoms with Crippen LogP contribution in [0.5, 0.6) is 11.5 Å². The molecule has 4 rings (SSSR count). The molecule has 1 unspecified atom stereocenters. The van der Waals surface area contributed by atoms with Gasteiger partial charge in [-0.1, -0.05) is 24.3 Å². The summed E-state index contributed by atoms with van der Waals surface area (Å²) in [6.07, 6.45) is 4.48. The first-order chi connectivity index (χ1) is 13.7. The van der Waals surface area contributed by atoms with Crippen LogP contribution in [0, 0.1) is 0 Å².